The Morgan fingerprint density at radius 3 is 2.67 bits per heavy atom. The molecular weight excluding hydrogens is 303 g/mol. The monoisotopic (exact) mass is 316 g/mol. The number of rotatable bonds is 4. The molecule has 0 aliphatic carbocycles. The van der Waals surface area contributed by atoms with Crippen LogP contribution < -0.4 is 5.32 Å². The summed E-state index contributed by atoms with van der Waals surface area (Å²) in [6, 6.07) is 4.49. The van der Waals surface area contributed by atoms with Crippen LogP contribution >= 0.6 is 15.9 Å². The summed E-state index contributed by atoms with van der Waals surface area (Å²) in [4.78, 5) is 24.6. The topological polar surface area (TPSA) is 49.4 Å². The first-order valence-corrected chi connectivity index (χ1v) is 6.24. The zero-order valence-electron chi connectivity index (χ0n) is 10.2. The highest BCUT2D eigenvalue weighted by molar-refractivity contribution is 9.10. The Bertz CT molecular complexity index is 465. The van der Waals surface area contributed by atoms with Gasteiger partial charge in [-0.15, -0.1) is 0 Å². The second-order valence-corrected chi connectivity index (χ2v) is 4.45. The Morgan fingerprint density at radius 1 is 1.44 bits per heavy atom. The molecule has 0 spiro atoms. The van der Waals surface area contributed by atoms with E-state index >= 15 is 0 Å². The molecule has 1 aromatic carbocycles. The van der Waals surface area contributed by atoms with Crippen molar-refractivity contribution < 1.29 is 14.0 Å². The fourth-order valence-corrected chi connectivity index (χ4v) is 1.79. The first kappa shape index (κ1) is 14.6. The van der Waals surface area contributed by atoms with Crippen LogP contribution in [0.5, 0.6) is 0 Å². The van der Waals surface area contributed by atoms with Crippen molar-refractivity contribution in [1.29, 1.82) is 0 Å². The molecule has 0 fully saturated rings. The van der Waals surface area contributed by atoms with Crippen LogP contribution in [0.3, 0.4) is 0 Å². The van der Waals surface area contributed by atoms with Crippen molar-refractivity contribution in [2.24, 2.45) is 0 Å². The molecule has 1 rings (SSSR count). The number of likely N-dealkylation sites (N-methyl/N-ethyl adjacent to an activating group) is 2. The smallest absolute Gasteiger partial charge is 0.257 e. The number of benzene rings is 1. The van der Waals surface area contributed by atoms with E-state index in [2.05, 4.69) is 21.2 Å². The van der Waals surface area contributed by atoms with Gasteiger partial charge in [0.2, 0.25) is 5.91 Å². The lowest BCUT2D eigenvalue weighted by Crippen LogP contribution is -2.39. The van der Waals surface area contributed by atoms with Crippen LogP contribution in [-0.2, 0) is 4.79 Å². The van der Waals surface area contributed by atoms with E-state index in [1.165, 1.54) is 24.1 Å². The molecule has 1 N–H and O–H groups in total. The van der Waals surface area contributed by atoms with Crippen LogP contribution in [0.15, 0.2) is 22.7 Å². The molecule has 0 aliphatic heterocycles. The Hall–Kier alpha value is -1.43. The summed E-state index contributed by atoms with van der Waals surface area (Å²) < 4.78 is 14.0. The van der Waals surface area contributed by atoms with Gasteiger partial charge >= 0.3 is 0 Å². The van der Waals surface area contributed by atoms with E-state index in [-0.39, 0.29) is 22.5 Å². The van der Waals surface area contributed by atoms with Gasteiger partial charge in [0.05, 0.1) is 16.6 Å². The van der Waals surface area contributed by atoms with Crippen LogP contribution in [0, 0.1) is 5.82 Å². The van der Waals surface area contributed by atoms with E-state index in [1.807, 2.05) is 0 Å². The molecule has 6 heteroatoms. The van der Waals surface area contributed by atoms with Gasteiger partial charge in [0, 0.05) is 13.6 Å². The number of carbonyl (C=O) groups excluding carboxylic acids is 2. The minimum atomic E-state index is -0.613. The lowest BCUT2D eigenvalue weighted by Gasteiger charge is -2.20. The minimum Gasteiger partial charge on any atom is -0.358 e. The van der Waals surface area contributed by atoms with Crippen molar-refractivity contribution in [1.82, 2.24) is 10.2 Å². The molecule has 0 saturated carbocycles. The summed E-state index contributed by atoms with van der Waals surface area (Å²) in [7, 11) is 1.49. The van der Waals surface area contributed by atoms with Gasteiger partial charge in [0.15, 0.2) is 0 Å². The molecule has 0 atom stereocenters. The predicted molar refractivity (Wildman–Crippen MR) is 69.7 cm³/mol. The minimum absolute atomic E-state index is 0.0462. The SMILES string of the molecule is CCN(CC(=O)NC)C(=O)c1cccc(Br)c1F. The first-order valence-electron chi connectivity index (χ1n) is 5.45. The highest BCUT2D eigenvalue weighted by Crippen LogP contribution is 2.19. The molecule has 0 bridgehead atoms. The number of carbonyl (C=O) groups is 2. The summed E-state index contributed by atoms with van der Waals surface area (Å²) in [5.74, 6) is -1.40. The zero-order chi connectivity index (χ0) is 13.7. The van der Waals surface area contributed by atoms with Gasteiger partial charge in [-0.3, -0.25) is 9.59 Å². The van der Waals surface area contributed by atoms with Crippen molar-refractivity contribution in [2.75, 3.05) is 20.1 Å². The van der Waals surface area contributed by atoms with Gasteiger partial charge in [-0.2, -0.15) is 0 Å². The Kier molecular flexibility index (Phi) is 5.27. The third kappa shape index (κ3) is 3.29. The van der Waals surface area contributed by atoms with Crippen molar-refractivity contribution in [3.63, 3.8) is 0 Å². The van der Waals surface area contributed by atoms with E-state index in [4.69, 9.17) is 0 Å². The summed E-state index contributed by atoms with van der Waals surface area (Å²) in [6.45, 7) is 1.98. The zero-order valence-corrected chi connectivity index (χ0v) is 11.8. The Labute approximate surface area is 113 Å². The van der Waals surface area contributed by atoms with E-state index in [0.717, 1.165) is 0 Å². The normalized spacial score (nSPS) is 10.0. The summed E-state index contributed by atoms with van der Waals surface area (Å²) in [5, 5.41) is 2.43. The van der Waals surface area contributed by atoms with Crippen molar-refractivity contribution in [2.45, 2.75) is 6.92 Å². The molecular formula is C12H14BrFN2O2. The van der Waals surface area contributed by atoms with Crippen molar-refractivity contribution in [3.8, 4) is 0 Å². The van der Waals surface area contributed by atoms with E-state index in [9.17, 15) is 14.0 Å². The first-order chi connectivity index (χ1) is 8.51. The lowest BCUT2D eigenvalue weighted by atomic mass is 10.2. The number of hydrogen-bond donors (Lipinski definition) is 1. The van der Waals surface area contributed by atoms with Gasteiger partial charge in [-0.1, -0.05) is 6.07 Å². The summed E-state index contributed by atoms with van der Waals surface area (Å²) in [5.41, 5.74) is -0.0462. The molecule has 2 amide bonds. The molecule has 1 aromatic rings. The summed E-state index contributed by atoms with van der Waals surface area (Å²) >= 11 is 3.02. The molecule has 0 unspecified atom stereocenters. The van der Waals surface area contributed by atoms with Gasteiger partial charge < -0.3 is 10.2 Å². The van der Waals surface area contributed by atoms with Crippen molar-refractivity contribution >= 4 is 27.7 Å². The third-order valence-corrected chi connectivity index (χ3v) is 3.08. The van der Waals surface area contributed by atoms with Gasteiger partial charge in [0.25, 0.3) is 5.91 Å². The molecule has 98 valence electrons. The number of hydrogen-bond acceptors (Lipinski definition) is 2. The van der Waals surface area contributed by atoms with Crippen molar-refractivity contribution in [3.05, 3.63) is 34.1 Å². The average molecular weight is 317 g/mol. The number of nitrogens with one attached hydrogen (secondary N) is 1. The highest BCUT2D eigenvalue weighted by Gasteiger charge is 2.20. The number of amides is 2. The maximum Gasteiger partial charge on any atom is 0.257 e. The lowest BCUT2D eigenvalue weighted by molar-refractivity contribution is -0.121. The fourth-order valence-electron chi connectivity index (χ4n) is 1.42. The molecule has 0 aromatic heterocycles. The molecule has 4 nitrogen and oxygen atoms in total. The largest absolute Gasteiger partial charge is 0.358 e. The van der Waals surface area contributed by atoms with E-state index < -0.39 is 11.7 Å². The van der Waals surface area contributed by atoms with Gasteiger partial charge in [-0.25, -0.2) is 4.39 Å². The van der Waals surface area contributed by atoms with E-state index in [1.54, 1.807) is 13.0 Å². The maximum atomic E-state index is 13.8. The molecule has 0 radical (unpaired) electrons. The Morgan fingerprint density at radius 2 is 2.11 bits per heavy atom. The molecule has 0 saturated heterocycles. The van der Waals surface area contributed by atoms with Gasteiger partial charge in [-0.05, 0) is 35.0 Å². The average Bonchev–Trinajstić information content (AvgIpc) is 2.38. The predicted octanol–water partition coefficient (Wildman–Crippen LogP) is 1.80. The third-order valence-electron chi connectivity index (χ3n) is 2.46. The van der Waals surface area contributed by atoms with E-state index in [0.29, 0.717) is 6.54 Å². The van der Waals surface area contributed by atoms with Crippen LogP contribution in [-0.4, -0.2) is 36.9 Å². The number of nitrogens with zero attached hydrogens (tertiary/aromatic N) is 1. The van der Waals surface area contributed by atoms with Gasteiger partial charge in [0.1, 0.15) is 5.82 Å². The summed E-state index contributed by atoms with van der Waals surface area (Å²) in [6.07, 6.45) is 0. The number of halogens is 2. The molecule has 18 heavy (non-hydrogen) atoms. The Balaban J connectivity index is 2.97. The highest BCUT2D eigenvalue weighted by atomic mass is 79.9. The fraction of sp³-hybridized carbons (Fsp3) is 0.333. The van der Waals surface area contributed by atoms with Crippen LogP contribution in [0.1, 0.15) is 17.3 Å². The quantitative estimate of drug-likeness (QED) is 0.920. The second-order valence-electron chi connectivity index (χ2n) is 3.59. The molecule has 0 aliphatic rings. The second kappa shape index (κ2) is 6.49. The van der Waals surface area contributed by atoms with Crippen LogP contribution in [0.2, 0.25) is 0 Å². The van der Waals surface area contributed by atoms with Crippen LogP contribution in [0.25, 0.3) is 0 Å². The van der Waals surface area contributed by atoms with Crippen LogP contribution in [0.4, 0.5) is 4.39 Å². The standard InChI is InChI=1S/C12H14BrFN2O2/c1-3-16(7-10(17)15-2)12(18)8-5-4-6-9(13)11(8)14/h4-6H,3,7H2,1-2H3,(H,15,17). The molecule has 0 heterocycles. The maximum absolute atomic E-state index is 13.8.